The Hall–Kier alpha value is -1.09. The summed E-state index contributed by atoms with van der Waals surface area (Å²) < 4.78 is 0. The van der Waals surface area contributed by atoms with Crippen LogP contribution in [0.15, 0.2) is 29.3 Å². The van der Waals surface area contributed by atoms with E-state index in [0.29, 0.717) is 5.92 Å². The molecule has 0 aromatic heterocycles. The lowest BCUT2D eigenvalue weighted by molar-refractivity contribution is -0.117. The van der Waals surface area contributed by atoms with Crippen molar-refractivity contribution in [3.05, 3.63) is 35.4 Å². The van der Waals surface area contributed by atoms with Gasteiger partial charge in [0.05, 0.1) is 10.3 Å². The number of carbonyl (C=O) groups excluding carboxylic acids is 1. The van der Waals surface area contributed by atoms with Gasteiger partial charge in [0.25, 0.3) is 5.91 Å². The summed E-state index contributed by atoms with van der Waals surface area (Å²) >= 11 is 1.65. The molecule has 1 aromatic rings. The molecule has 1 aromatic carbocycles. The van der Waals surface area contributed by atoms with E-state index in [0.717, 1.165) is 17.4 Å². The lowest BCUT2D eigenvalue weighted by Gasteiger charge is -2.22. The van der Waals surface area contributed by atoms with Crippen LogP contribution in [-0.2, 0) is 11.2 Å². The number of amides is 1. The number of hydrogen-bond acceptors (Lipinski definition) is 2. The molecule has 0 saturated heterocycles. The predicted molar refractivity (Wildman–Crippen MR) is 94.6 cm³/mol. The molecular formula is C19H25NOS. The third-order valence-electron chi connectivity index (χ3n) is 4.76. The number of aliphatic imine (C=N–C) groups is 1. The zero-order chi connectivity index (χ0) is 15.5. The second-order valence-corrected chi connectivity index (χ2v) is 8.09. The van der Waals surface area contributed by atoms with Crippen molar-refractivity contribution in [2.45, 2.75) is 63.5 Å². The topological polar surface area (TPSA) is 29.4 Å². The maximum Gasteiger partial charge on any atom is 0.260 e. The van der Waals surface area contributed by atoms with E-state index in [4.69, 9.17) is 0 Å². The Morgan fingerprint density at radius 3 is 2.41 bits per heavy atom. The number of thioether (sulfide) groups is 1. The van der Waals surface area contributed by atoms with Gasteiger partial charge in [-0.25, -0.2) is 4.99 Å². The van der Waals surface area contributed by atoms with Crippen molar-refractivity contribution in [2.24, 2.45) is 10.9 Å². The lowest BCUT2D eigenvalue weighted by atomic mass is 9.84. The molecule has 3 heteroatoms. The van der Waals surface area contributed by atoms with Gasteiger partial charge in [0.15, 0.2) is 0 Å². The Morgan fingerprint density at radius 1 is 1.14 bits per heavy atom. The van der Waals surface area contributed by atoms with Gasteiger partial charge in [-0.3, -0.25) is 4.79 Å². The number of benzene rings is 1. The molecule has 1 fully saturated rings. The van der Waals surface area contributed by atoms with Crippen LogP contribution in [0.1, 0.15) is 63.0 Å². The van der Waals surface area contributed by atoms with Crippen molar-refractivity contribution in [1.82, 2.24) is 0 Å². The zero-order valence-corrected chi connectivity index (χ0v) is 14.4. The average Bonchev–Trinajstić information content (AvgIpc) is 2.90. The first-order valence-corrected chi connectivity index (χ1v) is 9.38. The summed E-state index contributed by atoms with van der Waals surface area (Å²) in [5.74, 6) is 1.16. The number of rotatable bonds is 4. The van der Waals surface area contributed by atoms with E-state index in [1.54, 1.807) is 11.8 Å². The molecule has 3 rings (SSSR count). The van der Waals surface area contributed by atoms with E-state index in [-0.39, 0.29) is 11.2 Å². The summed E-state index contributed by atoms with van der Waals surface area (Å²) in [5.41, 5.74) is 2.75. The van der Waals surface area contributed by atoms with Gasteiger partial charge in [-0.2, -0.15) is 0 Å². The molecule has 2 nitrogen and oxygen atoms in total. The molecule has 1 atom stereocenters. The Labute approximate surface area is 137 Å². The minimum Gasteiger partial charge on any atom is -0.271 e. The maximum atomic E-state index is 11.9. The monoisotopic (exact) mass is 315 g/mol. The van der Waals surface area contributed by atoms with Crippen molar-refractivity contribution in [1.29, 1.82) is 0 Å². The first-order chi connectivity index (χ1) is 10.6. The summed E-state index contributed by atoms with van der Waals surface area (Å²) in [4.78, 5) is 16.1. The van der Waals surface area contributed by atoms with Crippen molar-refractivity contribution in [3.63, 3.8) is 0 Å². The van der Waals surface area contributed by atoms with Gasteiger partial charge in [-0.1, -0.05) is 69.1 Å². The van der Waals surface area contributed by atoms with Crippen LogP contribution in [0, 0.1) is 5.92 Å². The highest BCUT2D eigenvalue weighted by Crippen LogP contribution is 2.33. The average molecular weight is 315 g/mol. The molecule has 1 saturated carbocycles. The minimum absolute atomic E-state index is 0.0245. The van der Waals surface area contributed by atoms with E-state index in [1.165, 1.54) is 43.2 Å². The van der Waals surface area contributed by atoms with Gasteiger partial charge in [0.2, 0.25) is 0 Å². The summed E-state index contributed by atoms with van der Waals surface area (Å²) in [7, 11) is 0. The zero-order valence-electron chi connectivity index (χ0n) is 13.5. The lowest BCUT2D eigenvalue weighted by Crippen LogP contribution is -2.17. The van der Waals surface area contributed by atoms with Crippen LogP contribution in [0.3, 0.4) is 0 Å². The number of nitrogens with zero attached hydrogens (tertiary/aromatic N) is 1. The van der Waals surface area contributed by atoms with Crippen LogP contribution in [0.2, 0.25) is 0 Å². The van der Waals surface area contributed by atoms with E-state index >= 15 is 0 Å². The van der Waals surface area contributed by atoms with Gasteiger partial charge in [-0.05, 0) is 35.8 Å². The predicted octanol–water partition coefficient (Wildman–Crippen LogP) is 4.97. The number of hydrogen-bond donors (Lipinski definition) is 0. The van der Waals surface area contributed by atoms with E-state index in [2.05, 4.69) is 43.1 Å². The molecule has 22 heavy (non-hydrogen) atoms. The minimum atomic E-state index is 0.0245. The number of carbonyl (C=O) groups is 1. The Morgan fingerprint density at radius 2 is 1.82 bits per heavy atom. The third-order valence-corrected chi connectivity index (χ3v) is 6.27. The molecule has 0 N–H and O–H groups in total. The Balaban J connectivity index is 1.62. The molecule has 1 aliphatic heterocycles. The first kappa shape index (κ1) is 15.8. The maximum absolute atomic E-state index is 11.9. The first-order valence-electron chi connectivity index (χ1n) is 8.50. The fourth-order valence-corrected chi connectivity index (χ4v) is 4.54. The van der Waals surface area contributed by atoms with Crippen molar-refractivity contribution < 1.29 is 4.79 Å². The fraction of sp³-hybridized carbons (Fsp3) is 0.579. The van der Waals surface area contributed by atoms with Gasteiger partial charge in [-0.15, -0.1) is 0 Å². The van der Waals surface area contributed by atoms with Crippen molar-refractivity contribution >= 4 is 22.7 Å². The molecule has 2 aliphatic rings. The van der Waals surface area contributed by atoms with Crippen LogP contribution in [0.4, 0.5) is 0 Å². The van der Waals surface area contributed by atoms with Crippen LogP contribution in [0.25, 0.3) is 0 Å². The molecule has 0 bridgehead atoms. The SMILES string of the molecule is CC(C)C1SC(Cc2ccc(C3CCCCC3)cc2)=NC1=O. The standard InChI is InChI=1S/C19H25NOS/c1-13(2)18-19(21)20-17(22-18)12-14-8-10-16(11-9-14)15-6-4-3-5-7-15/h8-11,13,15,18H,3-7,12H2,1-2H3. The highest BCUT2D eigenvalue weighted by molar-refractivity contribution is 8.15. The van der Waals surface area contributed by atoms with E-state index < -0.39 is 0 Å². The van der Waals surface area contributed by atoms with Crippen molar-refractivity contribution in [3.8, 4) is 0 Å². The quantitative estimate of drug-likeness (QED) is 0.784. The molecule has 0 spiro atoms. The Kier molecular flexibility index (Phi) is 5.02. The van der Waals surface area contributed by atoms with Gasteiger partial charge in [0, 0.05) is 6.42 Å². The molecule has 1 heterocycles. The highest BCUT2D eigenvalue weighted by Gasteiger charge is 2.30. The molecule has 118 valence electrons. The van der Waals surface area contributed by atoms with Gasteiger partial charge < -0.3 is 0 Å². The largest absolute Gasteiger partial charge is 0.271 e. The van der Waals surface area contributed by atoms with Crippen molar-refractivity contribution in [2.75, 3.05) is 0 Å². The Bertz CT molecular complexity index is 555. The van der Waals surface area contributed by atoms with Crippen LogP contribution in [-0.4, -0.2) is 16.2 Å². The summed E-state index contributed by atoms with van der Waals surface area (Å²) in [5, 5.41) is 1.01. The van der Waals surface area contributed by atoms with Crippen LogP contribution < -0.4 is 0 Å². The van der Waals surface area contributed by atoms with Gasteiger partial charge in [0.1, 0.15) is 0 Å². The van der Waals surface area contributed by atoms with Crippen LogP contribution in [0.5, 0.6) is 0 Å². The molecule has 1 aliphatic carbocycles. The van der Waals surface area contributed by atoms with Crippen LogP contribution >= 0.6 is 11.8 Å². The summed E-state index contributed by atoms with van der Waals surface area (Å²) in [6.45, 7) is 4.18. The summed E-state index contributed by atoms with van der Waals surface area (Å²) in [6, 6.07) is 9.01. The molecule has 1 unspecified atom stereocenters. The summed E-state index contributed by atoms with van der Waals surface area (Å²) in [6.07, 6.45) is 7.62. The van der Waals surface area contributed by atoms with E-state index in [9.17, 15) is 4.79 Å². The van der Waals surface area contributed by atoms with E-state index in [1.807, 2.05) is 0 Å². The third kappa shape index (κ3) is 3.62. The molecular weight excluding hydrogens is 290 g/mol. The second-order valence-electron chi connectivity index (χ2n) is 6.88. The molecule has 1 amide bonds. The van der Waals surface area contributed by atoms with Gasteiger partial charge >= 0.3 is 0 Å². The second kappa shape index (κ2) is 6.99. The molecule has 0 radical (unpaired) electrons. The highest BCUT2D eigenvalue weighted by atomic mass is 32.2. The normalized spacial score (nSPS) is 23.1. The smallest absolute Gasteiger partial charge is 0.260 e. The fourth-order valence-electron chi connectivity index (χ4n) is 3.43.